The first-order valence-electron chi connectivity index (χ1n) is 9.20. The zero-order chi connectivity index (χ0) is 14.4. The standard InChI is InChI=1S/C18H36N2/c1-3-6-16-7-5-11-20(12-10-16)14-17-13-15(4-2)8-9-18(17)19/h15-18H,3-14,19H2,1-2H3. The van der Waals surface area contributed by atoms with Gasteiger partial charge in [0.1, 0.15) is 0 Å². The van der Waals surface area contributed by atoms with Gasteiger partial charge >= 0.3 is 0 Å². The van der Waals surface area contributed by atoms with Crippen molar-refractivity contribution in [1.29, 1.82) is 0 Å². The van der Waals surface area contributed by atoms with Crippen LogP contribution in [0.5, 0.6) is 0 Å². The van der Waals surface area contributed by atoms with E-state index in [0.717, 1.165) is 17.8 Å². The van der Waals surface area contributed by atoms with Crippen LogP contribution in [0.4, 0.5) is 0 Å². The maximum Gasteiger partial charge on any atom is 0.00795 e. The summed E-state index contributed by atoms with van der Waals surface area (Å²) in [7, 11) is 0. The average molecular weight is 281 g/mol. The molecule has 4 unspecified atom stereocenters. The van der Waals surface area contributed by atoms with E-state index in [1.165, 1.54) is 77.4 Å². The number of hydrogen-bond acceptors (Lipinski definition) is 2. The Labute approximate surface area is 126 Å². The molecular weight excluding hydrogens is 244 g/mol. The molecule has 0 aromatic rings. The van der Waals surface area contributed by atoms with E-state index in [1.807, 2.05) is 0 Å². The Kier molecular flexibility index (Phi) is 6.83. The molecule has 1 aliphatic heterocycles. The number of nitrogens with zero attached hydrogens (tertiary/aromatic N) is 1. The summed E-state index contributed by atoms with van der Waals surface area (Å²) in [5.74, 6) is 2.70. The van der Waals surface area contributed by atoms with Gasteiger partial charge < -0.3 is 10.6 Å². The van der Waals surface area contributed by atoms with Crippen LogP contribution in [-0.4, -0.2) is 30.6 Å². The van der Waals surface area contributed by atoms with Crippen molar-refractivity contribution in [2.24, 2.45) is 23.5 Å². The van der Waals surface area contributed by atoms with Crippen LogP contribution in [0.3, 0.4) is 0 Å². The van der Waals surface area contributed by atoms with Crippen molar-refractivity contribution < 1.29 is 0 Å². The quantitative estimate of drug-likeness (QED) is 0.823. The first-order valence-corrected chi connectivity index (χ1v) is 9.20. The Balaban J connectivity index is 1.79. The number of rotatable bonds is 5. The zero-order valence-electron chi connectivity index (χ0n) is 13.8. The van der Waals surface area contributed by atoms with Gasteiger partial charge in [-0.3, -0.25) is 0 Å². The lowest BCUT2D eigenvalue weighted by atomic mass is 9.77. The largest absolute Gasteiger partial charge is 0.327 e. The summed E-state index contributed by atoms with van der Waals surface area (Å²) in [4.78, 5) is 2.73. The SMILES string of the molecule is CCCC1CCCN(CC2CC(CC)CCC2N)CC1. The predicted octanol–water partition coefficient (Wildman–Crippen LogP) is 4.04. The van der Waals surface area contributed by atoms with Gasteiger partial charge in [0.15, 0.2) is 0 Å². The molecule has 0 bridgehead atoms. The highest BCUT2D eigenvalue weighted by molar-refractivity contribution is 4.85. The Morgan fingerprint density at radius 3 is 2.60 bits per heavy atom. The van der Waals surface area contributed by atoms with E-state index >= 15 is 0 Å². The third kappa shape index (κ3) is 4.73. The molecule has 0 aromatic heterocycles. The average Bonchev–Trinajstić information content (AvgIpc) is 2.67. The summed E-state index contributed by atoms with van der Waals surface area (Å²) in [6.07, 6.45) is 12.4. The number of nitrogens with two attached hydrogens (primary N) is 1. The summed E-state index contributed by atoms with van der Waals surface area (Å²) in [6.45, 7) is 8.59. The summed E-state index contributed by atoms with van der Waals surface area (Å²) < 4.78 is 0. The molecule has 0 spiro atoms. The molecule has 4 atom stereocenters. The molecule has 2 fully saturated rings. The van der Waals surface area contributed by atoms with Crippen LogP contribution in [0.15, 0.2) is 0 Å². The molecule has 2 heteroatoms. The summed E-state index contributed by atoms with van der Waals surface area (Å²) >= 11 is 0. The maximum atomic E-state index is 6.40. The molecule has 0 aromatic carbocycles. The minimum Gasteiger partial charge on any atom is -0.327 e. The molecule has 1 heterocycles. The zero-order valence-corrected chi connectivity index (χ0v) is 13.8. The van der Waals surface area contributed by atoms with Crippen molar-refractivity contribution in [3.05, 3.63) is 0 Å². The fourth-order valence-corrected chi connectivity index (χ4v) is 4.40. The van der Waals surface area contributed by atoms with E-state index < -0.39 is 0 Å². The van der Waals surface area contributed by atoms with E-state index in [1.54, 1.807) is 0 Å². The molecule has 20 heavy (non-hydrogen) atoms. The van der Waals surface area contributed by atoms with Crippen LogP contribution in [-0.2, 0) is 0 Å². The minimum atomic E-state index is 0.465. The Bertz CT molecular complexity index is 266. The molecule has 0 radical (unpaired) electrons. The van der Waals surface area contributed by atoms with Crippen molar-refractivity contribution in [3.63, 3.8) is 0 Å². The van der Waals surface area contributed by atoms with Gasteiger partial charge in [-0.2, -0.15) is 0 Å². The van der Waals surface area contributed by atoms with Gasteiger partial charge in [-0.1, -0.05) is 33.1 Å². The summed E-state index contributed by atoms with van der Waals surface area (Å²) in [6, 6.07) is 0.465. The fourth-order valence-electron chi connectivity index (χ4n) is 4.40. The first-order chi connectivity index (χ1) is 9.72. The third-order valence-electron chi connectivity index (χ3n) is 5.86. The van der Waals surface area contributed by atoms with Crippen molar-refractivity contribution >= 4 is 0 Å². The van der Waals surface area contributed by atoms with Crippen molar-refractivity contribution in [2.45, 2.75) is 77.7 Å². The van der Waals surface area contributed by atoms with E-state index in [9.17, 15) is 0 Å². The molecule has 2 rings (SSSR count). The molecule has 2 nitrogen and oxygen atoms in total. The molecule has 118 valence electrons. The predicted molar refractivity (Wildman–Crippen MR) is 87.8 cm³/mol. The first kappa shape index (κ1) is 16.3. The monoisotopic (exact) mass is 280 g/mol. The van der Waals surface area contributed by atoms with E-state index in [4.69, 9.17) is 5.73 Å². The smallest absolute Gasteiger partial charge is 0.00795 e. The second-order valence-corrected chi connectivity index (χ2v) is 7.40. The Hall–Kier alpha value is -0.0800. The van der Waals surface area contributed by atoms with Gasteiger partial charge in [-0.15, -0.1) is 0 Å². The van der Waals surface area contributed by atoms with Gasteiger partial charge in [0, 0.05) is 12.6 Å². The topological polar surface area (TPSA) is 29.3 Å². The van der Waals surface area contributed by atoms with Crippen molar-refractivity contribution in [1.82, 2.24) is 4.90 Å². The number of hydrogen-bond donors (Lipinski definition) is 1. The fraction of sp³-hybridized carbons (Fsp3) is 1.00. The van der Waals surface area contributed by atoms with Gasteiger partial charge in [0.05, 0.1) is 0 Å². The van der Waals surface area contributed by atoms with E-state index in [-0.39, 0.29) is 0 Å². The van der Waals surface area contributed by atoms with Crippen molar-refractivity contribution in [2.75, 3.05) is 19.6 Å². The van der Waals surface area contributed by atoms with Crippen LogP contribution >= 0.6 is 0 Å². The molecule has 2 N–H and O–H groups in total. The lowest BCUT2D eigenvalue weighted by Gasteiger charge is -2.37. The highest BCUT2D eigenvalue weighted by Gasteiger charge is 2.29. The normalized spacial score (nSPS) is 36.8. The molecule has 1 aliphatic carbocycles. The van der Waals surface area contributed by atoms with Gasteiger partial charge in [-0.05, 0) is 69.4 Å². The molecule has 0 amide bonds. The highest BCUT2D eigenvalue weighted by Crippen LogP contribution is 2.31. The van der Waals surface area contributed by atoms with Gasteiger partial charge in [-0.25, -0.2) is 0 Å². The summed E-state index contributed by atoms with van der Waals surface area (Å²) in [5.41, 5.74) is 6.40. The van der Waals surface area contributed by atoms with Gasteiger partial charge in [0.25, 0.3) is 0 Å². The molecular formula is C18H36N2. The lowest BCUT2D eigenvalue weighted by Crippen LogP contribution is -2.43. The maximum absolute atomic E-state index is 6.40. The van der Waals surface area contributed by atoms with Crippen LogP contribution < -0.4 is 5.73 Å². The molecule has 1 saturated heterocycles. The lowest BCUT2D eigenvalue weighted by molar-refractivity contribution is 0.156. The number of likely N-dealkylation sites (tertiary alicyclic amines) is 1. The molecule has 1 saturated carbocycles. The van der Waals surface area contributed by atoms with Crippen LogP contribution in [0.1, 0.15) is 71.6 Å². The van der Waals surface area contributed by atoms with Crippen LogP contribution in [0, 0.1) is 17.8 Å². The third-order valence-corrected chi connectivity index (χ3v) is 5.86. The van der Waals surface area contributed by atoms with Gasteiger partial charge in [0.2, 0.25) is 0 Å². The van der Waals surface area contributed by atoms with Crippen LogP contribution in [0.2, 0.25) is 0 Å². The highest BCUT2D eigenvalue weighted by atomic mass is 15.1. The van der Waals surface area contributed by atoms with Crippen LogP contribution in [0.25, 0.3) is 0 Å². The Morgan fingerprint density at radius 2 is 1.85 bits per heavy atom. The molecule has 2 aliphatic rings. The Morgan fingerprint density at radius 1 is 1.00 bits per heavy atom. The van der Waals surface area contributed by atoms with Crippen molar-refractivity contribution in [3.8, 4) is 0 Å². The minimum absolute atomic E-state index is 0.465. The van der Waals surface area contributed by atoms with E-state index in [0.29, 0.717) is 6.04 Å². The summed E-state index contributed by atoms with van der Waals surface area (Å²) in [5, 5.41) is 0. The van der Waals surface area contributed by atoms with E-state index in [2.05, 4.69) is 18.7 Å². The second kappa shape index (κ2) is 8.38. The second-order valence-electron chi connectivity index (χ2n) is 7.40.